The summed E-state index contributed by atoms with van der Waals surface area (Å²) in [4.78, 5) is 2.73. The minimum Gasteiger partial charge on any atom is -0.310 e. The topological polar surface area (TPSA) is 6.48 Å². The number of fused-ring (bicyclic) bond motifs is 12. The zero-order chi connectivity index (χ0) is 73.1. The Morgan fingerprint density at radius 3 is 0.841 bits per heavy atom. The number of hydrogen-bond acceptors (Lipinski definition) is 2. The van der Waals surface area contributed by atoms with E-state index < -0.39 is 42.3 Å². The highest BCUT2D eigenvalue weighted by Gasteiger charge is 2.21. The molecule has 17 aromatic rings. The summed E-state index contributed by atoms with van der Waals surface area (Å²) < 4.78 is 157. The van der Waals surface area contributed by atoms with Gasteiger partial charge in [-0.2, -0.15) is 0 Å². The van der Waals surface area contributed by atoms with Crippen molar-refractivity contribution in [3.8, 4) is 33.4 Å². The van der Waals surface area contributed by atoms with E-state index in [0.717, 1.165) is 75.4 Å². The quantitative estimate of drug-likeness (QED) is 0.133. The Balaban J connectivity index is 0.000000162. The van der Waals surface area contributed by atoms with Crippen molar-refractivity contribution >= 4 is 120 Å². The number of nitrogens with zero attached hydrogens (tertiary/aromatic N) is 2. The Bertz CT molecular complexity index is 6430. The monoisotopic (exact) mass is 1140 g/mol. The number of rotatable bonds is 9. The van der Waals surface area contributed by atoms with E-state index in [-0.39, 0.29) is 99.9 Å². The van der Waals surface area contributed by atoms with Crippen LogP contribution in [0.4, 0.5) is 34.1 Å². The van der Waals surface area contributed by atoms with Crippen LogP contribution >= 0.6 is 0 Å². The van der Waals surface area contributed by atoms with Crippen LogP contribution < -0.4 is 9.80 Å². The number of anilines is 6. The normalized spacial score (nSPS) is 14.1. The molecule has 0 radical (unpaired) electrons. The predicted molar refractivity (Wildman–Crippen MR) is 379 cm³/mol. The zero-order valence-corrected chi connectivity index (χ0v) is 47.1. The highest BCUT2D eigenvalue weighted by atomic mass is 15.1. The van der Waals surface area contributed by atoms with Gasteiger partial charge in [-0.1, -0.05) is 279 Å². The Morgan fingerprint density at radius 2 is 0.466 bits per heavy atom. The van der Waals surface area contributed by atoms with Gasteiger partial charge in [0.1, 0.15) is 0 Å². The van der Waals surface area contributed by atoms with Crippen LogP contribution in [0.25, 0.3) is 120 Å². The van der Waals surface area contributed by atoms with Crippen molar-refractivity contribution in [1.29, 1.82) is 0 Å². The maximum absolute atomic E-state index is 9.67. The molecule has 2 heteroatoms. The summed E-state index contributed by atoms with van der Waals surface area (Å²) in [6, 6.07) is 70.9. The molecule has 88 heavy (non-hydrogen) atoms. The van der Waals surface area contributed by atoms with Crippen LogP contribution in [-0.4, -0.2) is 0 Å². The van der Waals surface area contributed by atoms with Gasteiger partial charge in [0.05, 0.1) is 34.7 Å². The molecule has 0 atom stereocenters. The van der Waals surface area contributed by atoms with Crippen molar-refractivity contribution in [3.63, 3.8) is 0 Å². The Hall–Kier alpha value is -11.6. The summed E-state index contributed by atoms with van der Waals surface area (Å²) in [5.74, 6) is 0. The standard InChI is InChI=1S/C46H31N.C40H27N/c1-2-12-32(13-3-1)33-22-26-37(27-23-33)47(46-31-36-15-5-7-17-40(36)42-19-10-11-21-44(42)46)38-28-24-34(25-29-38)45-30-35-14-4-6-16-39(35)41-18-8-9-20-43(41)45;1-2-14-31(15-3-1)41(40-27-30-13-5-7-17-34(30)36-19-10-11-21-38(36)40)32-24-22-28(23-25-32)39-26-29-12-4-6-16-33(29)35-18-8-9-20-37(35)39/h1-31H;1-27H/i22D,23D,24D,25D,26D,27D,28D,29D;1D,2D,3D,14D,15D,22D,23D,24D,25D. The van der Waals surface area contributed by atoms with Crippen LogP contribution in [0.3, 0.4) is 0 Å². The van der Waals surface area contributed by atoms with Gasteiger partial charge in [-0.25, -0.2) is 0 Å². The second-order valence-electron chi connectivity index (χ2n) is 21.4. The first-order valence-corrected chi connectivity index (χ1v) is 28.9. The molecule has 0 aliphatic heterocycles. The van der Waals surface area contributed by atoms with E-state index in [1.807, 2.05) is 218 Å². The van der Waals surface area contributed by atoms with E-state index in [1.54, 1.807) is 30.3 Å². The van der Waals surface area contributed by atoms with Crippen molar-refractivity contribution in [2.45, 2.75) is 0 Å². The Morgan fingerprint density at radius 1 is 0.193 bits per heavy atom. The minimum absolute atomic E-state index is 0.107. The second-order valence-corrected chi connectivity index (χ2v) is 21.4. The molecule has 0 saturated heterocycles. The van der Waals surface area contributed by atoms with E-state index in [0.29, 0.717) is 38.8 Å². The smallest absolute Gasteiger partial charge is 0.0645 e. The van der Waals surface area contributed by atoms with E-state index in [2.05, 4.69) is 0 Å². The van der Waals surface area contributed by atoms with Crippen molar-refractivity contribution in [3.05, 3.63) is 351 Å². The zero-order valence-electron chi connectivity index (χ0n) is 64.1. The highest BCUT2D eigenvalue weighted by molar-refractivity contribution is 6.18. The van der Waals surface area contributed by atoms with Crippen molar-refractivity contribution in [2.75, 3.05) is 9.80 Å². The van der Waals surface area contributed by atoms with Crippen LogP contribution in [0.15, 0.2) is 351 Å². The molecule has 0 aromatic heterocycles. The average molecular weight is 1140 g/mol. The summed E-state index contributed by atoms with van der Waals surface area (Å²) >= 11 is 0. The average Bonchev–Trinajstić information content (AvgIpc) is 0.724. The summed E-state index contributed by atoms with van der Waals surface area (Å²) in [6.45, 7) is 0. The molecule has 412 valence electrons. The highest BCUT2D eigenvalue weighted by Crippen LogP contribution is 2.46. The molecule has 0 amide bonds. The minimum atomic E-state index is -0.579. The van der Waals surface area contributed by atoms with Crippen molar-refractivity contribution < 1.29 is 23.3 Å². The van der Waals surface area contributed by atoms with E-state index in [9.17, 15) is 16.4 Å². The molecule has 0 fully saturated rings. The molecule has 0 bridgehead atoms. The first kappa shape index (κ1) is 37.0. The van der Waals surface area contributed by atoms with Gasteiger partial charge in [0.2, 0.25) is 0 Å². The molecule has 2 nitrogen and oxygen atoms in total. The SMILES string of the molecule is [2H]c1c([2H])c(N(c2c([2H])c([2H])c(-c3cc4ccccc4c4ccccc34)c([2H])c2[2H])c2cc3ccccc3c3ccccc23)c([2H])c([2H])c1-c1ccccc1.[2H]c1c([2H])c([2H])c(N(c2c([2H])c([2H])c(-c3cc4ccccc4c4ccccc34)c([2H])c2[2H])c2cc3ccccc3c3ccccc23)c([2H])c1[2H]. The van der Waals surface area contributed by atoms with E-state index >= 15 is 0 Å². The maximum atomic E-state index is 9.67. The van der Waals surface area contributed by atoms with Crippen LogP contribution in [0.5, 0.6) is 0 Å². The predicted octanol–water partition coefficient (Wildman–Crippen LogP) is 24.5. The fraction of sp³-hybridized carbons (Fsp3) is 0. The van der Waals surface area contributed by atoms with Gasteiger partial charge in [-0.15, -0.1) is 0 Å². The van der Waals surface area contributed by atoms with Gasteiger partial charge in [-0.3, -0.25) is 0 Å². The lowest BCUT2D eigenvalue weighted by Gasteiger charge is -2.28. The summed E-state index contributed by atoms with van der Waals surface area (Å²) in [7, 11) is 0. The fourth-order valence-corrected chi connectivity index (χ4v) is 12.3. The van der Waals surface area contributed by atoms with E-state index in [4.69, 9.17) is 6.85 Å². The molecule has 0 aliphatic carbocycles. The van der Waals surface area contributed by atoms with Crippen LogP contribution in [0.1, 0.15) is 23.3 Å². The molecule has 17 aromatic carbocycles. The maximum Gasteiger partial charge on any atom is 0.0645 e. The van der Waals surface area contributed by atoms with Crippen LogP contribution in [0.2, 0.25) is 0 Å². The lowest BCUT2D eigenvalue weighted by molar-refractivity contribution is 1.30. The summed E-state index contributed by atoms with van der Waals surface area (Å²) in [6.07, 6.45) is 0. The van der Waals surface area contributed by atoms with Crippen molar-refractivity contribution in [1.82, 2.24) is 0 Å². The Labute approximate surface area is 536 Å². The molecule has 0 N–H and O–H groups in total. The molecular formula is C86H58N2. The Kier molecular flexibility index (Phi) is 9.43. The van der Waals surface area contributed by atoms with E-state index in [1.165, 1.54) is 9.80 Å². The van der Waals surface area contributed by atoms with Gasteiger partial charge >= 0.3 is 0 Å². The first-order valence-electron chi connectivity index (χ1n) is 37.4. The largest absolute Gasteiger partial charge is 0.310 e. The third-order valence-electron chi connectivity index (χ3n) is 16.3. The summed E-state index contributed by atoms with van der Waals surface area (Å²) in [5, 5.41) is 13.6. The van der Waals surface area contributed by atoms with Gasteiger partial charge in [0, 0.05) is 33.5 Å². The lowest BCUT2D eigenvalue weighted by atomic mass is 9.93. The molecule has 0 heterocycles. The van der Waals surface area contributed by atoms with Crippen LogP contribution in [0, 0.1) is 0 Å². The van der Waals surface area contributed by atoms with Gasteiger partial charge in [0.25, 0.3) is 0 Å². The van der Waals surface area contributed by atoms with Gasteiger partial charge in [-0.05, 0) is 181 Å². The lowest BCUT2D eigenvalue weighted by Crippen LogP contribution is -2.10. The summed E-state index contributed by atoms with van der Waals surface area (Å²) in [5.41, 5.74) is 1.84. The van der Waals surface area contributed by atoms with Crippen molar-refractivity contribution in [2.24, 2.45) is 0 Å². The molecular weight excluding hydrogens is 1060 g/mol. The number of para-hydroxylation sites is 1. The molecule has 0 saturated carbocycles. The number of benzene rings is 17. The third kappa shape index (κ3) is 9.41. The molecule has 0 aliphatic rings. The van der Waals surface area contributed by atoms with Gasteiger partial charge in [0.15, 0.2) is 0 Å². The second kappa shape index (κ2) is 22.4. The third-order valence-corrected chi connectivity index (χ3v) is 16.3. The van der Waals surface area contributed by atoms with Gasteiger partial charge < -0.3 is 9.80 Å². The molecule has 0 spiro atoms. The van der Waals surface area contributed by atoms with Crippen LogP contribution in [-0.2, 0) is 0 Å². The number of hydrogen-bond donors (Lipinski definition) is 0. The molecule has 17 rings (SSSR count). The fourth-order valence-electron chi connectivity index (χ4n) is 12.3. The molecule has 0 unspecified atom stereocenters. The first-order chi connectivity index (χ1) is 50.8.